The quantitative estimate of drug-likeness (QED) is 0.814. The van der Waals surface area contributed by atoms with Gasteiger partial charge in [0.1, 0.15) is 13.2 Å². The van der Waals surface area contributed by atoms with Crippen molar-refractivity contribution in [1.29, 1.82) is 0 Å². The normalized spacial score (nSPS) is 24.0. The molecule has 21 heavy (non-hydrogen) atoms. The molecule has 1 atom stereocenters. The molecule has 0 bridgehead atoms. The first-order valence-corrected chi connectivity index (χ1v) is 6.83. The Bertz CT molecular complexity index is 330. The smallest absolute Gasteiger partial charge is 0.362 e. The van der Waals surface area contributed by atoms with Gasteiger partial charge in [-0.2, -0.15) is 13.2 Å². The predicted molar refractivity (Wildman–Crippen MR) is 73.5 cm³/mol. The van der Waals surface area contributed by atoms with Gasteiger partial charge in [-0.3, -0.25) is 9.69 Å². The Hall–Kier alpha value is -0.570. The molecule has 0 radical (unpaired) electrons. The van der Waals surface area contributed by atoms with Crippen LogP contribution in [0, 0.1) is 0 Å². The fraction of sp³-hybridized carbons (Fsp3) is 0.917. The standard InChI is InChI=1S/C12H20F3N3O2.ClH/c13-12(14,15)9-20-8-11(19)18-5-3-17(4-6-18)10-1-2-16-7-10;/h10,16H,1-9H2;1H. The Balaban J connectivity index is 0.00000220. The minimum Gasteiger partial charge on any atom is -0.362 e. The number of nitrogens with zero attached hydrogens (tertiary/aromatic N) is 2. The highest BCUT2D eigenvalue weighted by Gasteiger charge is 2.30. The Labute approximate surface area is 128 Å². The number of piperazine rings is 1. The number of carbonyl (C=O) groups is 1. The fourth-order valence-electron chi connectivity index (χ4n) is 2.63. The van der Waals surface area contributed by atoms with Gasteiger partial charge in [0.2, 0.25) is 5.91 Å². The number of nitrogens with one attached hydrogen (secondary N) is 1. The van der Waals surface area contributed by atoms with Gasteiger partial charge in [0, 0.05) is 38.8 Å². The Kier molecular flexibility index (Phi) is 7.19. The van der Waals surface area contributed by atoms with Crippen molar-refractivity contribution in [2.24, 2.45) is 0 Å². The van der Waals surface area contributed by atoms with Crippen molar-refractivity contribution in [3.63, 3.8) is 0 Å². The molecule has 9 heteroatoms. The van der Waals surface area contributed by atoms with E-state index in [2.05, 4.69) is 15.0 Å². The summed E-state index contributed by atoms with van der Waals surface area (Å²) in [4.78, 5) is 15.6. The van der Waals surface area contributed by atoms with Gasteiger partial charge in [0.05, 0.1) is 0 Å². The molecule has 0 aromatic rings. The third-order valence-corrected chi connectivity index (χ3v) is 3.71. The number of amides is 1. The summed E-state index contributed by atoms with van der Waals surface area (Å²) in [7, 11) is 0. The van der Waals surface area contributed by atoms with Crippen molar-refractivity contribution in [2.45, 2.75) is 18.6 Å². The lowest BCUT2D eigenvalue weighted by molar-refractivity contribution is -0.178. The minimum atomic E-state index is -4.38. The SMILES string of the molecule is Cl.O=C(COCC(F)(F)F)N1CCN(C2CCNC2)CC1. The first kappa shape index (κ1) is 18.5. The molecule has 5 nitrogen and oxygen atoms in total. The van der Waals surface area contributed by atoms with Crippen LogP contribution < -0.4 is 5.32 Å². The molecule has 0 aromatic heterocycles. The summed E-state index contributed by atoms with van der Waals surface area (Å²) < 4.78 is 40.1. The van der Waals surface area contributed by atoms with E-state index in [4.69, 9.17) is 0 Å². The second kappa shape index (κ2) is 8.17. The zero-order chi connectivity index (χ0) is 14.6. The van der Waals surface area contributed by atoms with Crippen LogP contribution in [0.5, 0.6) is 0 Å². The van der Waals surface area contributed by atoms with Gasteiger partial charge in [-0.05, 0) is 13.0 Å². The number of hydrogen-bond acceptors (Lipinski definition) is 4. The first-order chi connectivity index (χ1) is 9.46. The van der Waals surface area contributed by atoms with E-state index in [1.165, 1.54) is 0 Å². The lowest BCUT2D eigenvalue weighted by Crippen LogP contribution is -2.53. The van der Waals surface area contributed by atoms with Crippen molar-refractivity contribution < 1.29 is 22.7 Å². The summed E-state index contributed by atoms with van der Waals surface area (Å²) in [5, 5.41) is 3.30. The van der Waals surface area contributed by atoms with Crippen LogP contribution in [0.25, 0.3) is 0 Å². The number of rotatable bonds is 4. The van der Waals surface area contributed by atoms with Crippen LogP contribution in [0.2, 0.25) is 0 Å². The second-order valence-corrected chi connectivity index (χ2v) is 5.17. The van der Waals surface area contributed by atoms with Crippen molar-refractivity contribution >= 4 is 18.3 Å². The lowest BCUT2D eigenvalue weighted by atomic mass is 10.2. The molecule has 124 valence electrons. The van der Waals surface area contributed by atoms with E-state index < -0.39 is 19.4 Å². The van der Waals surface area contributed by atoms with E-state index in [9.17, 15) is 18.0 Å². The van der Waals surface area contributed by atoms with E-state index in [1.54, 1.807) is 4.90 Å². The molecule has 0 saturated carbocycles. The summed E-state index contributed by atoms with van der Waals surface area (Å²) in [6.45, 7) is 2.80. The second-order valence-electron chi connectivity index (χ2n) is 5.17. The Morgan fingerprint density at radius 2 is 1.90 bits per heavy atom. The fourth-order valence-corrected chi connectivity index (χ4v) is 2.63. The van der Waals surface area contributed by atoms with Crippen LogP contribution in [0.3, 0.4) is 0 Å². The van der Waals surface area contributed by atoms with Crippen LogP contribution in [0.1, 0.15) is 6.42 Å². The van der Waals surface area contributed by atoms with E-state index >= 15 is 0 Å². The third kappa shape index (κ3) is 5.98. The monoisotopic (exact) mass is 331 g/mol. The molecule has 2 rings (SSSR count). The lowest BCUT2D eigenvalue weighted by Gasteiger charge is -2.37. The van der Waals surface area contributed by atoms with E-state index in [-0.39, 0.29) is 18.3 Å². The predicted octanol–water partition coefficient (Wildman–Crippen LogP) is 0.493. The average molecular weight is 332 g/mol. The summed E-state index contributed by atoms with van der Waals surface area (Å²) in [5.41, 5.74) is 0. The van der Waals surface area contributed by atoms with Crippen LogP contribution in [-0.4, -0.2) is 80.4 Å². The minimum absolute atomic E-state index is 0. The summed E-state index contributed by atoms with van der Waals surface area (Å²) in [6.07, 6.45) is -3.27. The summed E-state index contributed by atoms with van der Waals surface area (Å²) in [5.74, 6) is -0.363. The molecule has 2 fully saturated rings. The highest BCUT2D eigenvalue weighted by atomic mass is 35.5. The van der Waals surface area contributed by atoms with Gasteiger partial charge in [-0.1, -0.05) is 0 Å². The highest BCUT2D eigenvalue weighted by Crippen LogP contribution is 2.15. The molecule has 1 amide bonds. The highest BCUT2D eigenvalue weighted by molar-refractivity contribution is 5.85. The number of hydrogen-bond donors (Lipinski definition) is 1. The van der Waals surface area contributed by atoms with Crippen molar-refractivity contribution in [1.82, 2.24) is 15.1 Å². The topological polar surface area (TPSA) is 44.8 Å². The number of ether oxygens (including phenoxy) is 1. The van der Waals surface area contributed by atoms with Gasteiger partial charge in [0.15, 0.2) is 0 Å². The van der Waals surface area contributed by atoms with Crippen LogP contribution in [-0.2, 0) is 9.53 Å². The van der Waals surface area contributed by atoms with Gasteiger partial charge >= 0.3 is 6.18 Å². The zero-order valence-corrected chi connectivity index (χ0v) is 12.5. The maximum absolute atomic E-state index is 11.9. The number of halogens is 4. The van der Waals surface area contributed by atoms with Gasteiger partial charge in [-0.15, -0.1) is 12.4 Å². The molecule has 2 aliphatic heterocycles. The maximum atomic E-state index is 11.9. The van der Waals surface area contributed by atoms with Crippen LogP contribution in [0.15, 0.2) is 0 Å². The van der Waals surface area contributed by atoms with E-state index in [1.807, 2.05) is 0 Å². The number of alkyl halides is 3. The zero-order valence-electron chi connectivity index (χ0n) is 11.7. The summed E-state index contributed by atoms with van der Waals surface area (Å²) in [6, 6.07) is 0.522. The molecule has 0 spiro atoms. The number of carbonyl (C=O) groups excluding carboxylic acids is 1. The molecule has 2 saturated heterocycles. The first-order valence-electron chi connectivity index (χ1n) is 6.83. The van der Waals surface area contributed by atoms with Crippen LogP contribution >= 0.6 is 12.4 Å². The van der Waals surface area contributed by atoms with Gasteiger partial charge in [-0.25, -0.2) is 0 Å². The Morgan fingerprint density at radius 1 is 1.24 bits per heavy atom. The molecule has 1 unspecified atom stereocenters. The van der Waals surface area contributed by atoms with E-state index in [0.29, 0.717) is 19.1 Å². The molecule has 2 heterocycles. The van der Waals surface area contributed by atoms with Crippen molar-refractivity contribution in [3.05, 3.63) is 0 Å². The van der Waals surface area contributed by atoms with Crippen LogP contribution in [0.4, 0.5) is 13.2 Å². The van der Waals surface area contributed by atoms with Gasteiger partial charge < -0.3 is 15.0 Å². The maximum Gasteiger partial charge on any atom is 0.411 e. The molecule has 2 aliphatic rings. The molecular weight excluding hydrogens is 311 g/mol. The van der Waals surface area contributed by atoms with Crippen molar-refractivity contribution in [3.8, 4) is 0 Å². The third-order valence-electron chi connectivity index (χ3n) is 3.71. The van der Waals surface area contributed by atoms with Crippen molar-refractivity contribution in [2.75, 3.05) is 52.5 Å². The Morgan fingerprint density at radius 3 is 2.43 bits per heavy atom. The molecule has 0 aromatic carbocycles. The average Bonchev–Trinajstić information content (AvgIpc) is 2.91. The largest absolute Gasteiger partial charge is 0.411 e. The van der Waals surface area contributed by atoms with E-state index in [0.717, 1.165) is 32.6 Å². The van der Waals surface area contributed by atoms with Gasteiger partial charge in [0.25, 0.3) is 0 Å². The molecule has 0 aliphatic carbocycles. The summed E-state index contributed by atoms with van der Waals surface area (Å²) >= 11 is 0. The molecular formula is C12H21ClF3N3O2. The molecule has 1 N–H and O–H groups in total.